The minimum absolute atomic E-state index is 0.214. The fourth-order valence-corrected chi connectivity index (χ4v) is 2.67. The van der Waals surface area contributed by atoms with Gasteiger partial charge in [-0.25, -0.2) is 0 Å². The zero-order valence-electron chi connectivity index (χ0n) is 13.3. The lowest BCUT2D eigenvalue weighted by atomic mass is 9.98. The Morgan fingerprint density at radius 3 is 2.00 bits per heavy atom. The molecule has 0 aromatic heterocycles. The smallest absolute Gasteiger partial charge is 0.118 e. The first kappa shape index (κ1) is 15.2. The Balaban J connectivity index is 1.85. The van der Waals surface area contributed by atoms with Crippen molar-refractivity contribution in [2.45, 2.75) is 12.5 Å². The summed E-state index contributed by atoms with van der Waals surface area (Å²) in [5.41, 5.74) is 3.69. The fourth-order valence-electron chi connectivity index (χ4n) is 2.67. The molecular formula is C21H21NO. The molecule has 0 aliphatic carbocycles. The topological polar surface area (TPSA) is 21.3 Å². The van der Waals surface area contributed by atoms with E-state index in [4.69, 9.17) is 4.74 Å². The molecule has 0 aliphatic heterocycles. The van der Waals surface area contributed by atoms with E-state index >= 15 is 0 Å². The van der Waals surface area contributed by atoms with E-state index in [-0.39, 0.29) is 6.04 Å². The quantitative estimate of drug-likeness (QED) is 0.684. The Bertz CT molecular complexity index is 666. The van der Waals surface area contributed by atoms with Crippen molar-refractivity contribution in [3.8, 4) is 5.75 Å². The van der Waals surface area contributed by atoms with Crippen molar-refractivity contribution < 1.29 is 4.74 Å². The van der Waals surface area contributed by atoms with Crippen LogP contribution in [0.3, 0.4) is 0 Å². The van der Waals surface area contributed by atoms with E-state index in [0.29, 0.717) is 0 Å². The summed E-state index contributed by atoms with van der Waals surface area (Å²) < 4.78 is 5.27. The van der Waals surface area contributed by atoms with Crippen molar-refractivity contribution in [1.82, 2.24) is 0 Å². The Labute approximate surface area is 137 Å². The van der Waals surface area contributed by atoms with Crippen LogP contribution < -0.4 is 10.1 Å². The molecular weight excluding hydrogens is 282 g/mol. The van der Waals surface area contributed by atoms with Crippen molar-refractivity contribution >= 4 is 5.69 Å². The molecule has 0 unspecified atom stereocenters. The van der Waals surface area contributed by atoms with E-state index in [1.165, 1.54) is 11.1 Å². The monoisotopic (exact) mass is 303 g/mol. The van der Waals surface area contributed by atoms with Crippen LogP contribution in [-0.2, 0) is 6.42 Å². The molecule has 0 spiro atoms. The maximum Gasteiger partial charge on any atom is 0.118 e. The number of methoxy groups -OCH3 is 1. The molecule has 1 N–H and O–H groups in total. The van der Waals surface area contributed by atoms with Gasteiger partial charge >= 0.3 is 0 Å². The largest absolute Gasteiger partial charge is 0.497 e. The molecule has 0 saturated carbocycles. The summed E-state index contributed by atoms with van der Waals surface area (Å²) in [5.74, 6) is 0.881. The lowest BCUT2D eigenvalue weighted by Crippen LogP contribution is -2.13. The van der Waals surface area contributed by atoms with Gasteiger partial charge in [0.1, 0.15) is 5.75 Å². The van der Waals surface area contributed by atoms with Crippen molar-refractivity contribution in [2.24, 2.45) is 0 Å². The highest BCUT2D eigenvalue weighted by Crippen LogP contribution is 2.25. The predicted molar refractivity (Wildman–Crippen MR) is 95.9 cm³/mol. The van der Waals surface area contributed by atoms with Gasteiger partial charge in [-0.3, -0.25) is 0 Å². The van der Waals surface area contributed by atoms with Gasteiger partial charge in [0.2, 0.25) is 0 Å². The maximum absolute atomic E-state index is 5.27. The summed E-state index contributed by atoms with van der Waals surface area (Å²) in [7, 11) is 1.69. The molecule has 0 radical (unpaired) electrons. The van der Waals surface area contributed by atoms with Crippen LogP contribution in [0.15, 0.2) is 84.9 Å². The Morgan fingerprint density at radius 1 is 0.783 bits per heavy atom. The van der Waals surface area contributed by atoms with E-state index in [0.717, 1.165) is 17.9 Å². The molecule has 0 bridgehead atoms. The standard InChI is InChI=1S/C21H21NO/c1-23-20-14-12-18(13-15-20)21(16-17-8-4-2-5-9-17)22-19-10-6-3-7-11-19/h2-15,21-22H,16H2,1H3/t21-/m1/s1. The second-order valence-corrected chi connectivity index (χ2v) is 5.53. The van der Waals surface area contributed by atoms with Gasteiger partial charge in [0, 0.05) is 5.69 Å². The first-order valence-electron chi connectivity index (χ1n) is 7.84. The zero-order valence-corrected chi connectivity index (χ0v) is 13.3. The van der Waals surface area contributed by atoms with Crippen molar-refractivity contribution in [3.63, 3.8) is 0 Å². The SMILES string of the molecule is COc1ccc([C@@H](Cc2ccccc2)Nc2ccccc2)cc1. The number of hydrogen-bond acceptors (Lipinski definition) is 2. The molecule has 0 amide bonds. The molecule has 2 nitrogen and oxygen atoms in total. The summed E-state index contributed by atoms with van der Waals surface area (Å²) in [4.78, 5) is 0. The van der Waals surface area contributed by atoms with Crippen molar-refractivity contribution in [3.05, 3.63) is 96.1 Å². The van der Waals surface area contributed by atoms with E-state index in [2.05, 4.69) is 72.0 Å². The van der Waals surface area contributed by atoms with E-state index in [9.17, 15) is 0 Å². The van der Waals surface area contributed by atoms with Crippen LogP contribution in [0.2, 0.25) is 0 Å². The lowest BCUT2D eigenvalue weighted by Gasteiger charge is -2.21. The number of benzene rings is 3. The molecule has 0 saturated heterocycles. The van der Waals surface area contributed by atoms with Gasteiger partial charge in [-0.2, -0.15) is 0 Å². The number of para-hydroxylation sites is 1. The third kappa shape index (κ3) is 4.13. The third-order valence-corrected chi connectivity index (χ3v) is 3.92. The Hall–Kier alpha value is -2.74. The molecule has 3 aromatic carbocycles. The van der Waals surface area contributed by atoms with Crippen LogP contribution in [0, 0.1) is 0 Å². The molecule has 0 aliphatic rings. The van der Waals surface area contributed by atoms with Gasteiger partial charge in [0.05, 0.1) is 13.2 Å². The van der Waals surface area contributed by atoms with Crippen LogP contribution in [0.4, 0.5) is 5.69 Å². The van der Waals surface area contributed by atoms with Gasteiger partial charge in [-0.15, -0.1) is 0 Å². The van der Waals surface area contributed by atoms with Gasteiger partial charge < -0.3 is 10.1 Å². The highest BCUT2D eigenvalue weighted by Gasteiger charge is 2.12. The summed E-state index contributed by atoms with van der Waals surface area (Å²) in [6.07, 6.45) is 0.933. The Kier molecular flexibility index (Phi) is 4.95. The molecule has 2 heteroatoms. The van der Waals surface area contributed by atoms with Gasteiger partial charge in [0.15, 0.2) is 0 Å². The van der Waals surface area contributed by atoms with Crippen LogP contribution in [0.25, 0.3) is 0 Å². The highest BCUT2D eigenvalue weighted by molar-refractivity contribution is 5.46. The van der Waals surface area contributed by atoms with E-state index in [1.54, 1.807) is 7.11 Å². The van der Waals surface area contributed by atoms with Gasteiger partial charge in [-0.1, -0.05) is 60.7 Å². The maximum atomic E-state index is 5.27. The zero-order chi connectivity index (χ0) is 15.9. The molecule has 23 heavy (non-hydrogen) atoms. The normalized spacial score (nSPS) is 11.7. The van der Waals surface area contributed by atoms with Crippen LogP contribution >= 0.6 is 0 Å². The first-order valence-corrected chi connectivity index (χ1v) is 7.84. The van der Waals surface area contributed by atoms with Gasteiger partial charge in [0.25, 0.3) is 0 Å². The number of rotatable bonds is 6. The lowest BCUT2D eigenvalue weighted by molar-refractivity contribution is 0.414. The van der Waals surface area contributed by atoms with Crippen LogP contribution in [0.1, 0.15) is 17.2 Å². The summed E-state index contributed by atoms with van der Waals surface area (Å²) in [6.45, 7) is 0. The van der Waals surface area contributed by atoms with Crippen molar-refractivity contribution in [2.75, 3.05) is 12.4 Å². The van der Waals surface area contributed by atoms with E-state index in [1.807, 2.05) is 18.2 Å². The second kappa shape index (κ2) is 7.50. The summed E-state index contributed by atoms with van der Waals surface area (Å²) in [6, 6.07) is 29.4. The fraction of sp³-hybridized carbons (Fsp3) is 0.143. The first-order chi connectivity index (χ1) is 11.3. The average molecular weight is 303 g/mol. The van der Waals surface area contributed by atoms with Crippen molar-refractivity contribution in [1.29, 1.82) is 0 Å². The third-order valence-electron chi connectivity index (χ3n) is 3.92. The molecule has 3 rings (SSSR count). The predicted octanol–water partition coefficient (Wildman–Crippen LogP) is 5.09. The second-order valence-electron chi connectivity index (χ2n) is 5.53. The van der Waals surface area contributed by atoms with Gasteiger partial charge in [-0.05, 0) is 41.8 Å². The molecule has 1 atom stereocenters. The average Bonchev–Trinajstić information content (AvgIpc) is 2.63. The molecule has 0 fully saturated rings. The number of anilines is 1. The highest BCUT2D eigenvalue weighted by atomic mass is 16.5. The Morgan fingerprint density at radius 2 is 1.39 bits per heavy atom. The summed E-state index contributed by atoms with van der Waals surface area (Å²) in [5, 5.41) is 3.64. The minimum Gasteiger partial charge on any atom is -0.497 e. The van der Waals surface area contributed by atoms with Crippen LogP contribution in [0.5, 0.6) is 5.75 Å². The number of ether oxygens (including phenoxy) is 1. The number of hydrogen-bond donors (Lipinski definition) is 1. The van der Waals surface area contributed by atoms with E-state index < -0.39 is 0 Å². The molecule has 116 valence electrons. The molecule has 3 aromatic rings. The van der Waals surface area contributed by atoms with Crippen LogP contribution in [-0.4, -0.2) is 7.11 Å². The summed E-state index contributed by atoms with van der Waals surface area (Å²) >= 11 is 0. The molecule has 0 heterocycles. The number of nitrogens with one attached hydrogen (secondary N) is 1. The minimum atomic E-state index is 0.214.